The Labute approximate surface area is 120 Å². The molecular formula is C15H23N3O2. The van der Waals surface area contributed by atoms with Crippen molar-refractivity contribution in [3.05, 3.63) is 23.8 Å². The predicted octanol–water partition coefficient (Wildman–Crippen LogP) is 1.56. The zero-order valence-electron chi connectivity index (χ0n) is 12.4. The minimum Gasteiger partial charge on any atom is -0.495 e. The van der Waals surface area contributed by atoms with Gasteiger partial charge in [0, 0.05) is 18.7 Å². The third kappa shape index (κ3) is 3.42. The summed E-state index contributed by atoms with van der Waals surface area (Å²) in [6.45, 7) is 2.07. The summed E-state index contributed by atoms with van der Waals surface area (Å²) in [6.07, 6.45) is 2.02. The van der Waals surface area contributed by atoms with Gasteiger partial charge in [-0.3, -0.25) is 4.79 Å². The van der Waals surface area contributed by atoms with Gasteiger partial charge in [-0.15, -0.1) is 0 Å². The lowest BCUT2D eigenvalue weighted by Gasteiger charge is -2.29. The fourth-order valence-electron chi connectivity index (χ4n) is 2.46. The van der Waals surface area contributed by atoms with Gasteiger partial charge in [-0.05, 0) is 51.2 Å². The molecule has 1 aromatic rings. The number of rotatable bonds is 4. The molecule has 2 N–H and O–H groups in total. The molecule has 1 saturated heterocycles. The fraction of sp³-hybridized carbons (Fsp3) is 0.533. The van der Waals surface area contributed by atoms with Gasteiger partial charge in [-0.25, -0.2) is 0 Å². The molecule has 1 aliphatic heterocycles. The van der Waals surface area contributed by atoms with Gasteiger partial charge in [0.1, 0.15) is 5.75 Å². The van der Waals surface area contributed by atoms with E-state index in [1.807, 2.05) is 19.2 Å². The third-order valence-corrected chi connectivity index (χ3v) is 3.79. The Kier molecular flexibility index (Phi) is 4.84. The summed E-state index contributed by atoms with van der Waals surface area (Å²) >= 11 is 0. The topological polar surface area (TPSA) is 53.6 Å². The highest BCUT2D eigenvalue weighted by atomic mass is 16.5. The first-order valence-corrected chi connectivity index (χ1v) is 6.99. The number of methoxy groups -OCH3 is 1. The SMILES string of the molecule is CNc1ccc(C(=O)NC2CCN(C)CC2)cc1OC. The molecule has 0 atom stereocenters. The number of piperidine rings is 1. The average Bonchev–Trinajstić information content (AvgIpc) is 2.48. The second kappa shape index (κ2) is 6.61. The summed E-state index contributed by atoms with van der Waals surface area (Å²) in [5.74, 6) is 0.657. The fourth-order valence-corrected chi connectivity index (χ4v) is 2.46. The summed E-state index contributed by atoms with van der Waals surface area (Å²) in [6, 6.07) is 5.73. The monoisotopic (exact) mass is 277 g/mol. The van der Waals surface area contributed by atoms with Crippen molar-refractivity contribution in [2.24, 2.45) is 0 Å². The molecule has 0 unspecified atom stereocenters. The normalized spacial score (nSPS) is 16.8. The van der Waals surface area contributed by atoms with Crippen molar-refractivity contribution >= 4 is 11.6 Å². The van der Waals surface area contributed by atoms with Gasteiger partial charge in [0.2, 0.25) is 0 Å². The first-order valence-electron chi connectivity index (χ1n) is 6.99. The van der Waals surface area contributed by atoms with Crippen LogP contribution in [0.5, 0.6) is 5.75 Å². The van der Waals surface area contributed by atoms with Gasteiger partial charge in [-0.1, -0.05) is 0 Å². The molecule has 0 radical (unpaired) electrons. The van der Waals surface area contributed by atoms with Gasteiger partial charge < -0.3 is 20.3 Å². The minimum atomic E-state index is -0.0273. The Morgan fingerprint density at radius 3 is 2.65 bits per heavy atom. The van der Waals surface area contributed by atoms with Crippen molar-refractivity contribution in [1.82, 2.24) is 10.2 Å². The number of carbonyl (C=O) groups is 1. The number of hydrogen-bond acceptors (Lipinski definition) is 4. The Hall–Kier alpha value is -1.75. The van der Waals surface area contributed by atoms with Crippen LogP contribution in [0.2, 0.25) is 0 Å². The van der Waals surface area contributed by atoms with Crippen LogP contribution in [0.25, 0.3) is 0 Å². The van der Waals surface area contributed by atoms with Gasteiger partial charge in [-0.2, -0.15) is 0 Å². The van der Waals surface area contributed by atoms with Crippen molar-refractivity contribution in [2.45, 2.75) is 18.9 Å². The largest absolute Gasteiger partial charge is 0.495 e. The number of nitrogens with zero attached hydrogens (tertiary/aromatic N) is 1. The van der Waals surface area contributed by atoms with Crippen LogP contribution >= 0.6 is 0 Å². The highest BCUT2D eigenvalue weighted by molar-refractivity contribution is 5.95. The van der Waals surface area contributed by atoms with Gasteiger partial charge >= 0.3 is 0 Å². The van der Waals surface area contributed by atoms with Crippen molar-refractivity contribution in [2.75, 3.05) is 39.6 Å². The number of amides is 1. The molecule has 0 bridgehead atoms. The number of likely N-dealkylation sites (tertiary alicyclic amines) is 1. The Morgan fingerprint density at radius 2 is 2.05 bits per heavy atom. The van der Waals surface area contributed by atoms with E-state index in [4.69, 9.17) is 4.74 Å². The van der Waals surface area contributed by atoms with Crippen LogP contribution in [0.1, 0.15) is 23.2 Å². The van der Waals surface area contributed by atoms with Crippen LogP contribution in [0.4, 0.5) is 5.69 Å². The first kappa shape index (κ1) is 14.7. The molecule has 0 aliphatic carbocycles. The second-order valence-corrected chi connectivity index (χ2v) is 5.22. The van der Waals surface area contributed by atoms with Crippen LogP contribution in [-0.4, -0.2) is 51.1 Å². The standard InChI is InChI=1S/C15H23N3O2/c1-16-13-5-4-11(10-14(13)20-3)15(19)17-12-6-8-18(2)9-7-12/h4-5,10,12,16H,6-9H2,1-3H3,(H,17,19). The minimum absolute atomic E-state index is 0.0273. The third-order valence-electron chi connectivity index (χ3n) is 3.79. The molecule has 5 heteroatoms. The van der Waals surface area contributed by atoms with E-state index in [0.717, 1.165) is 31.6 Å². The zero-order chi connectivity index (χ0) is 14.5. The van der Waals surface area contributed by atoms with Gasteiger partial charge in [0.25, 0.3) is 5.91 Å². The molecule has 1 fully saturated rings. The maximum atomic E-state index is 12.3. The predicted molar refractivity (Wildman–Crippen MR) is 80.5 cm³/mol. The molecule has 1 amide bonds. The number of ether oxygens (including phenoxy) is 1. The van der Waals surface area contributed by atoms with Crippen LogP contribution in [0.15, 0.2) is 18.2 Å². The number of hydrogen-bond donors (Lipinski definition) is 2. The quantitative estimate of drug-likeness (QED) is 0.877. The molecule has 1 heterocycles. The first-order chi connectivity index (χ1) is 9.63. The van der Waals surface area contributed by atoms with E-state index in [2.05, 4.69) is 22.6 Å². The zero-order valence-corrected chi connectivity index (χ0v) is 12.4. The second-order valence-electron chi connectivity index (χ2n) is 5.22. The molecule has 20 heavy (non-hydrogen) atoms. The lowest BCUT2D eigenvalue weighted by Crippen LogP contribution is -2.43. The summed E-state index contributed by atoms with van der Waals surface area (Å²) in [7, 11) is 5.55. The smallest absolute Gasteiger partial charge is 0.251 e. The summed E-state index contributed by atoms with van der Waals surface area (Å²) in [5, 5.41) is 6.14. The summed E-state index contributed by atoms with van der Waals surface area (Å²) < 4.78 is 5.28. The lowest BCUT2D eigenvalue weighted by molar-refractivity contribution is 0.0916. The summed E-state index contributed by atoms with van der Waals surface area (Å²) in [4.78, 5) is 14.5. The Bertz CT molecular complexity index is 468. The lowest BCUT2D eigenvalue weighted by atomic mass is 10.0. The maximum Gasteiger partial charge on any atom is 0.251 e. The van der Waals surface area contributed by atoms with Crippen molar-refractivity contribution in [1.29, 1.82) is 0 Å². The molecule has 1 aromatic carbocycles. The molecule has 0 spiro atoms. The molecule has 5 nitrogen and oxygen atoms in total. The molecule has 110 valence electrons. The highest BCUT2D eigenvalue weighted by Gasteiger charge is 2.19. The molecule has 2 rings (SSSR count). The van der Waals surface area contributed by atoms with E-state index < -0.39 is 0 Å². The van der Waals surface area contributed by atoms with Crippen molar-refractivity contribution in [3.63, 3.8) is 0 Å². The molecular weight excluding hydrogens is 254 g/mol. The number of anilines is 1. The van der Waals surface area contributed by atoms with Gasteiger partial charge in [0.15, 0.2) is 0 Å². The maximum absolute atomic E-state index is 12.3. The number of carbonyl (C=O) groups excluding carboxylic acids is 1. The van der Waals surface area contributed by atoms with Crippen LogP contribution in [0.3, 0.4) is 0 Å². The molecule has 1 aliphatic rings. The Morgan fingerprint density at radius 1 is 1.35 bits per heavy atom. The van der Waals surface area contributed by atoms with Crippen LogP contribution in [-0.2, 0) is 0 Å². The van der Waals surface area contributed by atoms with E-state index in [0.29, 0.717) is 11.3 Å². The highest BCUT2D eigenvalue weighted by Crippen LogP contribution is 2.25. The Balaban J connectivity index is 2.02. The molecule has 0 saturated carbocycles. The van der Waals surface area contributed by atoms with Crippen molar-refractivity contribution in [3.8, 4) is 5.75 Å². The average molecular weight is 277 g/mol. The van der Waals surface area contributed by atoms with Gasteiger partial charge in [0.05, 0.1) is 12.8 Å². The number of benzene rings is 1. The van der Waals surface area contributed by atoms with Crippen molar-refractivity contribution < 1.29 is 9.53 Å². The van der Waals surface area contributed by atoms with Crippen LogP contribution < -0.4 is 15.4 Å². The van der Waals surface area contributed by atoms with E-state index in [9.17, 15) is 4.79 Å². The van der Waals surface area contributed by atoms with Crippen LogP contribution in [0, 0.1) is 0 Å². The van der Waals surface area contributed by atoms with E-state index in [1.54, 1.807) is 13.2 Å². The van der Waals surface area contributed by atoms with E-state index in [1.165, 1.54) is 0 Å². The summed E-state index contributed by atoms with van der Waals surface area (Å²) in [5.41, 5.74) is 1.52. The van der Waals surface area contributed by atoms with E-state index >= 15 is 0 Å². The molecule has 0 aromatic heterocycles. The number of nitrogens with one attached hydrogen (secondary N) is 2. The van der Waals surface area contributed by atoms with E-state index in [-0.39, 0.29) is 11.9 Å².